The average Bonchev–Trinajstić information content (AvgIpc) is 2.98. The summed E-state index contributed by atoms with van der Waals surface area (Å²) < 4.78 is 35.6. The lowest BCUT2D eigenvalue weighted by atomic mass is 10.1. The number of nitrogens with one attached hydrogen (secondary N) is 1. The molecule has 0 aromatic rings. The van der Waals surface area contributed by atoms with Crippen LogP contribution in [0.2, 0.25) is 0 Å². The van der Waals surface area contributed by atoms with Gasteiger partial charge in [0.1, 0.15) is 0 Å². The molecule has 0 radical (unpaired) electrons. The zero-order chi connectivity index (χ0) is 10.9. The van der Waals surface area contributed by atoms with Gasteiger partial charge in [-0.25, -0.2) is 0 Å². The van der Waals surface area contributed by atoms with Gasteiger partial charge in [0, 0.05) is 18.3 Å². The summed E-state index contributed by atoms with van der Waals surface area (Å²) in [6.07, 6.45) is 5.06. The number of hydrogen-bond acceptors (Lipinski definition) is 2. The average molecular weight is 239 g/mol. The minimum atomic E-state index is -4.07. The van der Waals surface area contributed by atoms with E-state index in [0.717, 1.165) is 11.8 Å². The van der Waals surface area contributed by atoms with E-state index in [-0.39, 0.29) is 17.5 Å². The first-order chi connectivity index (χ1) is 7.06. The lowest BCUT2D eigenvalue weighted by molar-refractivity contribution is -0.0327. The molecule has 0 aromatic heterocycles. The van der Waals surface area contributed by atoms with Crippen LogP contribution in [0.4, 0.5) is 13.2 Å². The molecule has 88 valence electrons. The molecule has 0 atom stereocenters. The molecule has 2 fully saturated rings. The second-order valence-electron chi connectivity index (χ2n) is 4.45. The first-order valence-corrected chi connectivity index (χ1v) is 6.49. The molecule has 0 heterocycles. The van der Waals surface area contributed by atoms with Crippen LogP contribution >= 0.6 is 11.8 Å². The van der Waals surface area contributed by atoms with Gasteiger partial charge in [-0.15, -0.1) is 0 Å². The predicted molar refractivity (Wildman–Crippen MR) is 55.8 cm³/mol. The van der Waals surface area contributed by atoms with Gasteiger partial charge in [-0.1, -0.05) is 0 Å². The maximum absolute atomic E-state index is 11.9. The summed E-state index contributed by atoms with van der Waals surface area (Å²) in [5, 5.41) is 3.30. The van der Waals surface area contributed by atoms with E-state index in [1.807, 2.05) is 0 Å². The molecule has 0 bridgehead atoms. The van der Waals surface area contributed by atoms with Crippen LogP contribution in [0.15, 0.2) is 0 Å². The summed E-state index contributed by atoms with van der Waals surface area (Å²) in [4.78, 5) is 0. The third-order valence-electron chi connectivity index (χ3n) is 3.01. The van der Waals surface area contributed by atoms with Gasteiger partial charge < -0.3 is 5.32 Å². The molecule has 0 saturated heterocycles. The molecule has 0 unspecified atom stereocenters. The van der Waals surface area contributed by atoms with Crippen LogP contribution in [0.5, 0.6) is 0 Å². The summed E-state index contributed by atoms with van der Waals surface area (Å²) in [6.45, 7) is 0.488. The third-order valence-corrected chi connectivity index (χ3v) is 3.74. The molecule has 0 aromatic carbocycles. The zero-order valence-corrected chi connectivity index (χ0v) is 9.33. The van der Waals surface area contributed by atoms with Crippen LogP contribution in [0.3, 0.4) is 0 Å². The van der Waals surface area contributed by atoms with Crippen LogP contribution in [-0.4, -0.2) is 23.8 Å². The van der Waals surface area contributed by atoms with Gasteiger partial charge in [-0.05, 0) is 49.3 Å². The smallest absolute Gasteiger partial charge is 0.313 e. The molecule has 1 nitrogen and oxygen atoms in total. The fourth-order valence-corrected chi connectivity index (χ4v) is 2.47. The third kappa shape index (κ3) is 4.23. The molecule has 0 spiro atoms. The van der Waals surface area contributed by atoms with Crippen molar-refractivity contribution in [3.63, 3.8) is 0 Å². The van der Waals surface area contributed by atoms with Gasteiger partial charge in [0.15, 0.2) is 0 Å². The van der Waals surface area contributed by atoms with Crippen LogP contribution in [-0.2, 0) is 0 Å². The van der Waals surface area contributed by atoms with E-state index in [2.05, 4.69) is 5.32 Å². The maximum atomic E-state index is 11.9. The monoisotopic (exact) mass is 239 g/mol. The Kier molecular flexibility index (Phi) is 3.50. The zero-order valence-electron chi connectivity index (χ0n) is 8.52. The van der Waals surface area contributed by atoms with Crippen molar-refractivity contribution in [3.8, 4) is 0 Å². The van der Waals surface area contributed by atoms with E-state index >= 15 is 0 Å². The summed E-state index contributed by atoms with van der Waals surface area (Å²) in [5.74, 6) is 1.65. The van der Waals surface area contributed by atoms with E-state index in [9.17, 15) is 13.2 Å². The molecule has 2 rings (SSSR count). The Morgan fingerprint density at radius 2 is 1.67 bits per heavy atom. The quantitative estimate of drug-likeness (QED) is 0.715. The van der Waals surface area contributed by atoms with Crippen molar-refractivity contribution in [1.29, 1.82) is 0 Å². The second kappa shape index (κ2) is 4.53. The highest BCUT2D eigenvalue weighted by atomic mass is 32.2. The van der Waals surface area contributed by atoms with E-state index < -0.39 is 5.51 Å². The minimum Gasteiger partial charge on any atom is -0.313 e. The number of thioether (sulfide) groups is 1. The SMILES string of the molecule is FC(F)(F)SCCNC(C1CC1)C1CC1. The molecule has 0 aliphatic heterocycles. The van der Waals surface area contributed by atoms with Gasteiger partial charge in [-0.3, -0.25) is 0 Å². The van der Waals surface area contributed by atoms with Crippen molar-refractivity contribution in [1.82, 2.24) is 5.32 Å². The molecule has 0 amide bonds. The second-order valence-corrected chi connectivity index (χ2v) is 5.61. The van der Waals surface area contributed by atoms with E-state index in [0.29, 0.717) is 12.6 Å². The van der Waals surface area contributed by atoms with Crippen molar-refractivity contribution < 1.29 is 13.2 Å². The summed E-state index contributed by atoms with van der Waals surface area (Å²) in [6, 6.07) is 0.513. The van der Waals surface area contributed by atoms with Gasteiger partial charge in [-0.2, -0.15) is 13.2 Å². The van der Waals surface area contributed by atoms with Crippen molar-refractivity contribution >= 4 is 11.8 Å². The Morgan fingerprint density at radius 1 is 1.13 bits per heavy atom. The first-order valence-electron chi connectivity index (χ1n) is 5.50. The number of halogens is 3. The molecular weight excluding hydrogens is 223 g/mol. The van der Waals surface area contributed by atoms with Crippen LogP contribution in [0, 0.1) is 11.8 Å². The predicted octanol–water partition coefficient (Wildman–Crippen LogP) is 3.02. The van der Waals surface area contributed by atoms with Crippen LogP contribution < -0.4 is 5.32 Å². The van der Waals surface area contributed by atoms with Gasteiger partial charge in [0.05, 0.1) is 0 Å². The van der Waals surface area contributed by atoms with E-state index in [1.165, 1.54) is 25.7 Å². The van der Waals surface area contributed by atoms with Crippen LogP contribution in [0.1, 0.15) is 25.7 Å². The van der Waals surface area contributed by atoms with Gasteiger partial charge >= 0.3 is 5.51 Å². The van der Waals surface area contributed by atoms with Crippen LogP contribution in [0.25, 0.3) is 0 Å². The number of hydrogen-bond donors (Lipinski definition) is 1. The minimum absolute atomic E-state index is 0.0773. The summed E-state index contributed by atoms with van der Waals surface area (Å²) >= 11 is 0.0773. The lowest BCUT2D eigenvalue weighted by Gasteiger charge is -2.17. The highest BCUT2D eigenvalue weighted by Crippen LogP contribution is 2.44. The Hall–Kier alpha value is 0.1000. The Morgan fingerprint density at radius 3 is 2.07 bits per heavy atom. The number of rotatable bonds is 6. The largest absolute Gasteiger partial charge is 0.441 e. The fourth-order valence-electron chi connectivity index (χ4n) is 2.02. The number of alkyl halides is 3. The van der Waals surface area contributed by atoms with E-state index in [1.54, 1.807) is 0 Å². The van der Waals surface area contributed by atoms with Crippen molar-refractivity contribution in [2.45, 2.75) is 37.2 Å². The fraction of sp³-hybridized carbons (Fsp3) is 1.00. The molecule has 15 heavy (non-hydrogen) atoms. The Bertz CT molecular complexity index is 199. The molecule has 1 N–H and O–H groups in total. The summed E-state index contributed by atoms with van der Waals surface area (Å²) in [7, 11) is 0. The normalized spacial score (nSPS) is 22.4. The topological polar surface area (TPSA) is 12.0 Å². The van der Waals surface area contributed by atoms with E-state index in [4.69, 9.17) is 0 Å². The standard InChI is InChI=1S/C10H16F3NS/c11-10(12,13)15-6-5-14-9(7-1-2-7)8-3-4-8/h7-9,14H,1-6H2. The van der Waals surface area contributed by atoms with Crippen molar-refractivity contribution in [2.24, 2.45) is 11.8 Å². The lowest BCUT2D eigenvalue weighted by Crippen LogP contribution is -2.35. The molecule has 2 aliphatic rings. The van der Waals surface area contributed by atoms with Crippen molar-refractivity contribution in [3.05, 3.63) is 0 Å². The molecular formula is C10H16F3NS. The first kappa shape index (κ1) is 11.6. The maximum Gasteiger partial charge on any atom is 0.441 e. The molecule has 2 aliphatic carbocycles. The molecule has 5 heteroatoms. The van der Waals surface area contributed by atoms with Gasteiger partial charge in [0.2, 0.25) is 0 Å². The van der Waals surface area contributed by atoms with Crippen molar-refractivity contribution in [2.75, 3.05) is 12.3 Å². The Balaban J connectivity index is 1.59. The molecule has 2 saturated carbocycles. The van der Waals surface area contributed by atoms with Gasteiger partial charge in [0.25, 0.3) is 0 Å². The summed E-state index contributed by atoms with van der Waals surface area (Å²) in [5.41, 5.74) is -4.07. The Labute approximate surface area is 92.2 Å². The highest BCUT2D eigenvalue weighted by Gasteiger charge is 2.41. The highest BCUT2D eigenvalue weighted by molar-refractivity contribution is 8.00.